The van der Waals surface area contributed by atoms with Crippen molar-refractivity contribution in [2.45, 2.75) is 89.2 Å². The van der Waals surface area contributed by atoms with E-state index in [9.17, 15) is 0 Å². The van der Waals surface area contributed by atoms with Crippen LogP contribution in [0.4, 0.5) is 0 Å². The molecule has 2 aliphatic carbocycles. The third-order valence-corrected chi connectivity index (χ3v) is 6.12. The van der Waals surface area contributed by atoms with Crippen molar-refractivity contribution in [2.75, 3.05) is 6.61 Å². The fourth-order valence-electron chi connectivity index (χ4n) is 5.20. The summed E-state index contributed by atoms with van der Waals surface area (Å²) >= 11 is 0. The molecule has 2 nitrogen and oxygen atoms in total. The monoisotopic (exact) mass is 265 g/mol. The lowest BCUT2D eigenvalue weighted by molar-refractivity contribution is -0.111. The van der Waals surface area contributed by atoms with E-state index in [-0.39, 0.29) is 11.1 Å². The molecule has 1 heterocycles. The Kier molecular flexibility index (Phi) is 3.46. The van der Waals surface area contributed by atoms with Gasteiger partial charge in [0, 0.05) is 12.1 Å². The van der Waals surface area contributed by atoms with Crippen molar-refractivity contribution in [3.8, 4) is 0 Å². The molecule has 3 rings (SSSR count). The number of ether oxygens (including phenoxy) is 1. The average molecular weight is 265 g/mol. The van der Waals surface area contributed by atoms with Gasteiger partial charge in [0.2, 0.25) is 0 Å². The minimum absolute atomic E-state index is 0.0844. The van der Waals surface area contributed by atoms with Gasteiger partial charge in [-0.3, -0.25) is 0 Å². The van der Waals surface area contributed by atoms with Gasteiger partial charge in [-0.2, -0.15) is 0 Å². The van der Waals surface area contributed by atoms with E-state index in [1.54, 1.807) is 0 Å². The number of hydrogen-bond donors (Lipinski definition) is 1. The lowest BCUT2D eigenvalue weighted by atomic mass is 9.61. The van der Waals surface area contributed by atoms with Crippen LogP contribution in [0.2, 0.25) is 0 Å². The molecule has 2 N–H and O–H groups in total. The summed E-state index contributed by atoms with van der Waals surface area (Å²) in [6, 6.07) is 0. The smallest absolute Gasteiger partial charge is 0.0685 e. The molecule has 2 unspecified atom stereocenters. The quantitative estimate of drug-likeness (QED) is 0.777. The fraction of sp³-hybridized carbons (Fsp3) is 1.00. The molecular weight excluding hydrogens is 234 g/mol. The Labute approximate surface area is 118 Å². The molecule has 0 radical (unpaired) electrons. The van der Waals surface area contributed by atoms with Crippen LogP contribution in [-0.4, -0.2) is 17.7 Å². The SMILES string of the molecule is CC1(C)CCCC(N)(C2CCOC3(CCCC3)C2)C1. The minimum Gasteiger partial charge on any atom is -0.375 e. The maximum Gasteiger partial charge on any atom is 0.0685 e. The second-order valence-electron chi connectivity index (χ2n) is 8.36. The van der Waals surface area contributed by atoms with E-state index >= 15 is 0 Å². The molecule has 0 bridgehead atoms. The van der Waals surface area contributed by atoms with Crippen molar-refractivity contribution in [2.24, 2.45) is 17.1 Å². The Hall–Kier alpha value is -0.0800. The first kappa shape index (κ1) is 13.9. The summed E-state index contributed by atoms with van der Waals surface area (Å²) in [5, 5.41) is 0. The summed E-state index contributed by atoms with van der Waals surface area (Å²) in [6.45, 7) is 5.75. The van der Waals surface area contributed by atoms with Gasteiger partial charge in [-0.25, -0.2) is 0 Å². The molecular formula is C17H31NO. The van der Waals surface area contributed by atoms with Crippen LogP contribution in [0, 0.1) is 11.3 Å². The van der Waals surface area contributed by atoms with E-state index < -0.39 is 0 Å². The van der Waals surface area contributed by atoms with Gasteiger partial charge in [0.05, 0.1) is 5.60 Å². The van der Waals surface area contributed by atoms with Crippen LogP contribution in [-0.2, 0) is 4.74 Å². The summed E-state index contributed by atoms with van der Waals surface area (Å²) in [5.41, 5.74) is 7.65. The summed E-state index contributed by atoms with van der Waals surface area (Å²) in [7, 11) is 0. The van der Waals surface area contributed by atoms with Gasteiger partial charge in [0.25, 0.3) is 0 Å². The molecule has 3 aliphatic rings. The minimum atomic E-state index is 0.0844. The highest BCUT2D eigenvalue weighted by molar-refractivity contribution is 5.03. The Bertz CT molecular complexity index is 332. The van der Waals surface area contributed by atoms with Gasteiger partial charge in [-0.1, -0.05) is 33.1 Å². The Balaban J connectivity index is 1.73. The van der Waals surface area contributed by atoms with E-state index in [0.717, 1.165) is 6.61 Å². The van der Waals surface area contributed by atoms with Crippen LogP contribution < -0.4 is 5.73 Å². The van der Waals surface area contributed by atoms with Gasteiger partial charge in [-0.15, -0.1) is 0 Å². The Morgan fingerprint density at radius 1 is 1.00 bits per heavy atom. The predicted molar refractivity (Wildman–Crippen MR) is 79.0 cm³/mol. The summed E-state index contributed by atoms with van der Waals surface area (Å²) in [5.74, 6) is 0.693. The van der Waals surface area contributed by atoms with Crippen LogP contribution in [0.15, 0.2) is 0 Å². The van der Waals surface area contributed by atoms with Gasteiger partial charge < -0.3 is 10.5 Å². The predicted octanol–water partition coefficient (Wildman–Crippen LogP) is 4.02. The van der Waals surface area contributed by atoms with Crippen LogP contribution in [0.3, 0.4) is 0 Å². The van der Waals surface area contributed by atoms with Crippen molar-refractivity contribution in [3.05, 3.63) is 0 Å². The second-order valence-corrected chi connectivity index (χ2v) is 8.36. The van der Waals surface area contributed by atoms with Crippen molar-refractivity contribution < 1.29 is 4.74 Å². The van der Waals surface area contributed by atoms with E-state index in [4.69, 9.17) is 10.5 Å². The third-order valence-electron chi connectivity index (χ3n) is 6.12. The molecule has 0 amide bonds. The van der Waals surface area contributed by atoms with Crippen LogP contribution in [0.5, 0.6) is 0 Å². The van der Waals surface area contributed by atoms with Crippen molar-refractivity contribution in [1.29, 1.82) is 0 Å². The highest BCUT2D eigenvalue weighted by Gasteiger charge is 2.48. The number of nitrogens with two attached hydrogens (primary N) is 1. The highest BCUT2D eigenvalue weighted by atomic mass is 16.5. The molecule has 0 aromatic rings. The first-order chi connectivity index (χ1) is 8.93. The molecule has 2 heteroatoms. The molecule has 1 spiro atoms. The van der Waals surface area contributed by atoms with Crippen molar-refractivity contribution >= 4 is 0 Å². The number of hydrogen-bond acceptors (Lipinski definition) is 2. The van der Waals surface area contributed by atoms with Crippen LogP contribution >= 0.6 is 0 Å². The normalized spacial score (nSPS) is 41.5. The van der Waals surface area contributed by atoms with Gasteiger partial charge in [0.1, 0.15) is 0 Å². The Morgan fingerprint density at radius 3 is 2.42 bits per heavy atom. The molecule has 0 aromatic heterocycles. The van der Waals surface area contributed by atoms with E-state index in [0.29, 0.717) is 11.3 Å². The van der Waals surface area contributed by atoms with Gasteiger partial charge in [0.15, 0.2) is 0 Å². The first-order valence-electron chi connectivity index (χ1n) is 8.36. The van der Waals surface area contributed by atoms with Crippen molar-refractivity contribution in [1.82, 2.24) is 0 Å². The topological polar surface area (TPSA) is 35.2 Å². The fourth-order valence-corrected chi connectivity index (χ4v) is 5.20. The molecule has 2 saturated carbocycles. The number of rotatable bonds is 1. The molecule has 3 fully saturated rings. The summed E-state index contributed by atoms with van der Waals surface area (Å²) in [4.78, 5) is 0. The van der Waals surface area contributed by atoms with Crippen LogP contribution in [0.1, 0.15) is 78.1 Å². The molecule has 1 saturated heterocycles. The van der Waals surface area contributed by atoms with Crippen molar-refractivity contribution in [3.63, 3.8) is 0 Å². The Morgan fingerprint density at radius 2 is 1.74 bits per heavy atom. The molecule has 2 atom stereocenters. The summed E-state index contributed by atoms with van der Waals surface area (Å²) in [6.07, 6.45) is 12.8. The van der Waals surface area contributed by atoms with Gasteiger partial charge in [-0.05, 0) is 56.3 Å². The van der Waals surface area contributed by atoms with Gasteiger partial charge >= 0.3 is 0 Å². The average Bonchev–Trinajstić information content (AvgIpc) is 2.76. The van der Waals surface area contributed by atoms with E-state index in [2.05, 4.69) is 13.8 Å². The zero-order valence-electron chi connectivity index (χ0n) is 12.8. The zero-order chi connectivity index (χ0) is 13.6. The first-order valence-corrected chi connectivity index (χ1v) is 8.36. The highest BCUT2D eigenvalue weighted by Crippen LogP contribution is 2.50. The standard InChI is InChI=1S/C17H31NO/c1-15(2)7-5-10-17(18,13-15)14-6-11-19-16(12-14)8-3-4-9-16/h14H,3-13,18H2,1-2H3. The molecule has 19 heavy (non-hydrogen) atoms. The lowest BCUT2D eigenvalue weighted by Gasteiger charge is -2.51. The lowest BCUT2D eigenvalue weighted by Crippen LogP contribution is -2.56. The summed E-state index contributed by atoms with van der Waals surface area (Å²) < 4.78 is 6.19. The maximum absolute atomic E-state index is 6.90. The molecule has 110 valence electrons. The third kappa shape index (κ3) is 2.71. The van der Waals surface area contributed by atoms with Crippen LogP contribution in [0.25, 0.3) is 0 Å². The second kappa shape index (κ2) is 4.73. The molecule has 1 aliphatic heterocycles. The largest absolute Gasteiger partial charge is 0.375 e. The van der Waals surface area contributed by atoms with E-state index in [1.807, 2.05) is 0 Å². The zero-order valence-corrected chi connectivity index (χ0v) is 12.8. The van der Waals surface area contributed by atoms with E-state index in [1.165, 1.54) is 64.2 Å². The maximum atomic E-state index is 6.90. The molecule has 0 aromatic carbocycles.